The lowest BCUT2D eigenvalue weighted by molar-refractivity contribution is 0.123. The Morgan fingerprint density at radius 2 is 1.67 bits per heavy atom. The fourth-order valence-corrected chi connectivity index (χ4v) is 4.12. The van der Waals surface area contributed by atoms with E-state index in [1.54, 1.807) is 21.3 Å². The predicted molar refractivity (Wildman–Crippen MR) is 75.4 cm³/mol. The van der Waals surface area contributed by atoms with Crippen LogP contribution in [0, 0.1) is 0 Å². The molecule has 0 bridgehead atoms. The molecule has 0 saturated heterocycles. The van der Waals surface area contributed by atoms with E-state index in [-0.39, 0.29) is 0 Å². The van der Waals surface area contributed by atoms with Crippen molar-refractivity contribution in [3.8, 4) is 0 Å². The lowest BCUT2D eigenvalue weighted by atomic mass is 9.97. The topological polar surface area (TPSA) is 39.7 Å². The molecule has 1 aliphatic carbocycles. The molecule has 0 saturated carbocycles. The van der Waals surface area contributed by atoms with Gasteiger partial charge in [0.25, 0.3) is 0 Å². The van der Waals surface area contributed by atoms with Crippen molar-refractivity contribution in [2.75, 3.05) is 27.9 Å². The fraction of sp³-hybridized carbons (Fsp3) is 0.846. The largest absolute Gasteiger partial charge is 0.500 e. The van der Waals surface area contributed by atoms with Crippen molar-refractivity contribution in [2.45, 2.75) is 45.1 Å². The number of nitrogens with one attached hydrogen (secondary N) is 1. The van der Waals surface area contributed by atoms with Gasteiger partial charge in [0.1, 0.15) is 0 Å². The summed E-state index contributed by atoms with van der Waals surface area (Å²) in [6.45, 7) is 3.21. The second-order valence-corrected chi connectivity index (χ2v) is 7.88. The van der Waals surface area contributed by atoms with Gasteiger partial charge in [-0.2, -0.15) is 0 Å². The van der Waals surface area contributed by atoms with E-state index in [4.69, 9.17) is 13.3 Å². The van der Waals surface area contributed by atoms with Crippen molar-refractivity contribution in [3.63, 3.8) is 0 Å². The minimum Gasteiger partial charge on any atom is -0.388 e. The fourth-order valence-electron chi connectivity index (χ4n) is 2.40. The van der Waals surface area contributed by atoms with Crippen LogP contribution >= 0.6 is 0 Å². The molecule has 0 aromatic rings. The maximum Gasteiger partial charge on any atom is 0.500 e. The molecule has 4 nitrogen and oxygen atoms in total. The first-order chi connectivity index (χ1) is 8.67. The standard InChI is InChI=1S/C13H27NO3Si/c1-12-8-5-6-9-13(12)14-10-7-11-18(15-2,16-3)17-4/h14H,5-11H2,1-4H3. The van der Waals surface area contributed by atoms with Crippen molar-refractivity contribution < 1.29 is 13.3 Å². The first-order valence-electron chi connectivity index (χ1n) is 6.75. The molecule has 106 valence electrons. The third kappa shape index (κ3) is 4.39. The Balaban J connectivity index is 2.29. The highest BCUT2D eigenvalue weighted by Gasteiger charge is 2.36. The van der Waals surface area contributed by atoms with Crippen molar-refractivity contribution >= 4 is 8.80 Å². The second-order valence-electron chi connectivity index (χ2n) is 4.79. The van der Waals surface area contributed by atoms with Gasteiger partial charge in [-0.1, -0.05) is 5.57 Å². The van der Waals surface area contributed by atoms with Crippen LogP contribution in [0.15, 0.2) is 11.3 Å². The third-order valence-corrected chi connectivity index (χ3v) is 6.51. The number of hydrogen-bond acceptors (Lipinski definition) is 4. The predicted octanol–water partition coefficient (Wildman–Crippen LogP) is 2.69. The van der Waals surface area contributed by atoms with Crippen LogP contribution in [0.3, 0.4) is 0 Å². The van der Waals surface area contributed by atoms with Crippen molar-refractivity contribution in [2.24, 2.45) is 0 Å². The van der Waals surface area contributed by atoms with Gasteiger partial charge in [0.2, 0.25) is 0 Å². The lowest BCUT2D eigenvalue weighted by Crippen LogP contribution is -2.43. The molecule has 5 heteroatoms. The molecular weight excluding hydrogens is 246 g/mol. The molecule has 1 rings (SSSR count). The zero-order valence-electron chi connectivity index (χ0n) is 12.2. The van der Waals surface area contributed by atoms with E-state index in [1.807, 2.05) is 0 Å². The van der Waals surface area contributed by atoms with Crippen LogP contribution in [0.1, 0.15) is 39.0 Å². The van der Waals surface area contributed by atoms with E-state index in [0.717, 1.165) is 19.0 Å². The van der Waals surface area contributed by atoms with E-state index in [2.05, 4.69) is 12.2 Å². The van der Waals surface area contributed by atoms with Crippen molar-refractivity contribution in [3.05, 3.63) is 11.3 Å². The minimum absolute atomic E-state index is 0.857. The maximum atomic E-state index is 5.40. The Kier molecular flexibility index (Phi) is 6.92. The first kappa shape index (κ1) is 15.7. The summed E-state index contributed by atoms with van der Waals surface area (Å²) >= 11 is 0. The van der Waals surface area contributed by atoms with Gasteiger partial charge in [0.05, 0.1) is 0 Å². The average Bonchev–Trinajstić information content (AvgIpc) is 2.42. The van der Waals surface area contributed by atoms with Gasteiger partial charge in [-0.05, 0) is 39.0 Å². The van der Waals surface area contributed by atoms with Gasteiger partial charge >= 0.3 is 8.80 Å². The number of allylic oxidation sites excluding steroid dienone is 2. The number of rotatable bonds is 8. The van der Waals surface area contributed by atoms with Crippen molar-refractivity contribution in [1.29, 1.82) is 0 Å². The molecule has 0 spiro atoms. The van der Waals surface area contributed by atoms with E-state index >= 15 is 0 Å². The van der Waals surface area contributed by atoms with Crippen LogP contribution in [0.25, 0.3) is 0 Å². The Hall–Kier alpha value is -0.363. The van der Waals surface area contributed by atoms with Gasteiger partial charge in [-0.15, -0.1) is 0 Å². The quantitative estimate of drug-likeness (QED) is 0.545. The van der Waals surface area contributed by atoms with Gasteiger partial charge in [0, 0.05) is 39.6 Å². The first-order valence-corrected chi connectivity index (χ1v) is 8.68. The zero-order valence-corrected chi connectivity index (χ0v) is 13.2. The van der Waals surface area contributed by atoms with Crippen molar-refractivity contribution in [1.82, 2.24) is 5.32 Å². The van der Waals surface area contributed by atoms with Crippen LogP contribution < -0.4 is 5.32 Å². The summed E-state index contributed by atoms with van der Waals surface area (Å²) in [5.74, 6) is 0. The lowest BCUT2D eigenvalue weighted by Gasteiger charge is -2.25. The van der Waals surface area contributed by atoms with E-state index in [0.29, 0.717) is 0 Å². The minimum atomic E-state index is -2.38. The average molecular weight is 273 g/mol. The highest BCUT2D eigenvalue weighted by atomic mass is 28.4. The molecule has 0 aliphatic heterocycles. The van der Waals surface area contributed by atoms with Gasteiger partial charge in [-0.25, -0.2) is 0 Å². The van der Waals surface area contributed by atoms with Crippen LogP contribution in [0.4, 0.5) is 0 Å². The highest BCUT2D eigenvalue weighted by molar-refractivity contribution is 6.60. The smallest absolute Gasteiger partial charge is 0.388 e. The van der Waals surface area contributed by atoms with Crippen LogP contribution in [-0.4, -0.2) is 36.7 Å². The third-order valence-electron chi connectivity index (χ3n) is 3.67. The molecule has 0 amide bonds. The highest BCUT2D eigenvalue weighted by Crippen LogP contribution is 2.22. The summed E-state index contributed by atoms with van der Waals surface area (Å²) in [6.07, 6.45) is 6.11. The molecule has 0 heterocycles. The molecule has 1 N–H and O–H groups in total. The SMILES string of the molecule is CO[Si](CCCNC1=C(C)CCCC1)(OC)OC. The van der Waals surface area contributed by atoms with E-state index in [9.17, 15) is 0 Å². The number of hydrogen-bond donors (Lipinski definition) is 1. The Bertz CT molecular complexity index is 269. The monoisotopic (exact) mass is 273 g/mol. The normalized spacial score (nSPS) is 17.1. The molecule has 0 atom stereocenters. The van der Waals surface area contributed by atoms with Gasteiger partial charge in [-0.3, -0.25) is 0 Å². The molecule has 1 aliphatic rings. The van der Waals surface area contributed by atoms with Crippen LogP contribution in [0.2, 0.25) is 6.04 Å². The Morgan fingerprint density at radius 3 is 2.22 bits per heavy atom. The molecule has 0 fully saturated rings. The summed E-state index contributed by atoms with van der Waals surface area (Å²) in [5, 5.41) is 3.55. The van der Waals surface area contributed by atoms with Crippen LogP contribution in [0.5, 0.6) is 0 Å². The van der Waals surface area contributed by atoms with Gasteiger partial charge in [0.15, 0.2) is 0 Å². The molecular formula is C13H27NO3Si. The molecule has 0 aromatic heterocycles. The Labute approximate surface area is 112 Å². The summed E-state index contributed by atoms with van der Waals surface area (Å²) in [7, 11) is 2.62. The Morgan fingerprint density at radius 1 is 1.06 bits per heavy atom. The second kappa shape index (κ2) is 7.94. The molecule has 0 aromatic carbocycles. The molecule has 18 heavy (non-hydrogen) atoms. The summed E-state index contributed by atoms with van der Waals surface area (Å²) in [6, 6.07) is 0.857. The summed E-state index contributed by atoms with van der Waals surface area (Å²) in [5.41, 5.74) is 2.97. The molecule has 0 radical (unpaired) electrons. The summed E-state index contributed by atoms with van der Waals surface area (Å²) in [4.78, 5) is 0. The van der Waals surface area contributed by atoms with Crippen LogP contribution in [-0.2, 0) is 13.3 Å². The maximum absolute atomic E-state index is 5.40. The summed E-state index contributed by atoms with van der Waals surface area (Å²) < 4.78 is 16.2. The van der Waals surface area contributed by atoms with E-state index < -0.39 is 8.80 Å². The zero-order chi connectivity index (χ0) is 13.4. The molecule has 0 unspecified atom stereocenters. The van der Waals surface area contributed by atoms with E-state index in [1.165, 1.54) is 37.0 Å². The van der Waals surface area contributed by atoms with Gasteiger partial charge < -0.3 is 18.6 Å².